The number of benzene rings is 3. The molecule has 4 bridgehead atoms. The van der Waals surface area contributed by atoms with Crippen molar-refractivity contribution in [2.75, 3.05) is 11.9 Å². The molecule has 4 fully saturated rings. The summed E-state index contributed by atoms with van der Waals surface area (Å²) >= 11 is 0. The maximum atomic E-state index is 13.1. The highest BCUT2D eigenvalue weighted by molar-refractivity contribution is 7.90. The first-order valence-corrected chi connectivity index (χ1v) is 15.8. The molecule has 7 rings (SSSR count). The molecule has 1 amide bonds. The maximum Gasteiger partial charge on any atom is 0.293 e. The van der Waals surface area contributed by atoms with Gasteiger partial charge in [0, 0.05) is 18.2 Å². The zero-order chi connectivity index (χ0) is 28.9. The van der Waals surface area contributed by atoms with Crippen LogP contribution in [0.15, 0.2) is 65.6 Å². The summed E-state index contributed by atoms with van der Waals surface area (Å²) in [5, 5.41) is 15.2. The number of anilines is 1. The summed E-state index contributed by atoms with van der Waals surface area (Å²) in [6.45, 7) is 4.71. The predicted molar refractivity (Wildman–Crippen MR) is 158 cm³/mol. The molecule has 4 aliphatic rings. The Hall–Kier alpha value is -3.72. The highest BCUT2D eigenvalue weighted by atomic mass is 32.2. The van der Waals surface area contributed by atoms with E-state index < -0.39 is 20.9 Å². The molecule has 0 aliphatic heterocycles. The minimum Gasteiger partial charge on any atom is -0.379 e. The lowest BCUT2D eigenvalue weighted by molar-refractivity contribution is -0.384. The fourth-order valence-corrected chi connectivity index (χ4v) is 8.87. The summed E-state index contributed by atoms with van der Waals surface area (Å²) in [5.41, 5.74) is 4.55. The number of nitro benzene ring substituents is 1. The average molecular weight is 574 g/mol. The molecule has 0 unspecified atom stereocenters. The van der Waals surface area contributed by atoms with Crippen molar-refractivity contribution in [2.24, 2.45) is 23.2 Å². The van der Waals surface area contributed by atoms with Crippen LogP contribution in [0.3, 0.4) is 0 Å². The molecule has 214 valence electrons. The number of sulfonamides is 1. The zero-order valence-electron chi connectivity index (χ0n) is 23.4. The van der Waals surface area contributed by atoms with E-state index >= 15 is 0 Å². The number of amides is 1. The Morgan fingerprint density at radius 3 is 2.20 bits per heavy atom. The number of nitrogens with zero attached hydrogens (tertiary/aromatic N) is 1. The van der Waals surface area contributed by atoms with Gasteiger partial charge in [-0.05, 0) is 122 Å². The van der Waals surface area contributed by atoms with Gasteiger partial charge in [0.1, 0.15) is 5.69 Å². The summed E-state index contributed by atoms with van der Waals surface area (Å²) < 4.78 is 28.2. The number of nitrogens with one attached hydrogen (secondary N) is 2. The van der Waals surface area contributed by atoms with Crippen molar-refractivity contribution >= 4 is 27.3 Å². The highest BCUT2D eigenvalue weighted by Crippen LogP contribution is 2.60. The molecule has 0 spiro atoms. The van der Waals surface area contributed by atoms with Crippen LogP contribution < -0.4 is 10.0 Å². The third kappa shape index (κ3) is 5.35. The molecule has 0 aromatic heterocycles. The number of hydrogen-bond acceptors (Lipinski definition) is 6. The second-order valence-electron chi connectivity index (χ2n) is 12.5. The van der Waals surface area contributed by atoms with Gasteiger partial charge in [-0.2, -0.15) is 0 Å². The first-order chi connectivity index (χ1) is 19.5. The van der Waals surface area contributed by atoms with Crippen LogP contribution in [0.5, 0.6) is 0 Å². The second-order valence-corrected chi connectivity index (χ2v) is 14.1. The summed E-state index contributed by atoms with van der Waals surface area (Å²) in [6, 6.07) is 16.5. The predicted octanol–water partition coefficient (Wildman–Crippen LogP) is 6.63. The smallest absolute Gasteiger partial charge is 0.293 e. The van der Waals surface area contributed by atoms with Crippen LogP contribution in [0.25, 0.3) is 11.1 Å². The van der Waals surface area contributed by atoms with E-state index in [0.29, 0.717) is 12.2 Å². The lowest BCUT2D eigenvalue weighted by Crippen LogP contribution is -2.49. The van der Waals surface area contributed by atoms with Gasteiger partial charge in [0.25, 0.3) is 21.6 Å². The van der Waals surface area contributed by atoms with Crippen LogP contribution in [0.1, 0.15) is 60.0 Å². The fourth-order valence-electron chi connectivity index (χ4n) is 7.87. The summed E-state index contributed by atoms with van der Waals surface area (Å²) in [4.78, 5) is 23.9. The zero-order valence-corrected chi connectivity index (χ0v) is 24.2. The quantitative estimate of drug-likeness (QED) is 0.231. The van der Waals surface area contributed by atoms with Gasteiger partial charge >= 0.3 is 0 Å². The third-order valence-corrected chi connectivity index (χ3v) is 10.9. The molecule has 0 heterocycles. The van der Waals surface area contributed by atoms with E-state index in [-0.39, 0.29) is 21.6 Å². The van der Waals surface area contributed by atoms with E-state index in [0.717, 1.165) is 65.3 Å². The lowest BCUT2D eigenvalue weighted by atomic mass is 9.49. The molecule has 4 saturated carbocycles. The molecule has 8 nitrogen and oxygen atoms in total. The summed E-state index contributed by atoms with van der Waals surface area (Å²) in [7, 11) is -4.34. The van der Waals surface area contributed by atoms with E-state index in [1.165, 1.54) is 31.4 Å². The molecule has 3 aromatic rings. The van der Waals surface area contributed by atoms with E-state index in [2.05, 4.69) is 10.0 Å². The van der Waals surface area contributed by atoms with Crippen molar-refractivity contribution in [2.45, 2.75) is 57.3 Å². The van der Waals surface area contributed by atoms with Gasteiger partial charge in [0.2, 0.25) is 0 Å². The van der Waals surface area contributed by atoms with Gasteiger partial charge in [0.15, 0.2) is 0 Å². The Kier molecular flexibility index (Phi) is 6.88. The minimum atomic E-state index is -4.34. The fraction of sp³-hybridized carbons (Fsp3) is 0.406. The van der Waals surface area contributed by atoms with Gasteiger partial charge in [-0.1, -0.05) is 30.3 Å². The largest absolute Gasteiger partial charge is 0.379 e. The maximum absolute atomic E-state index is 13.1. The van der Waals surface area contributed by atoms with E-state index in [9.17, 15) is 23.3 Å². The molecular weight excluding hydrogens is 538 g/mol. The first-order valence-electron chi connectivity index (χ1n) is 14.3. The topological polar surface area (TPSA) is 118 Å². The third-order valence-electron chi connectivity index (χ3n) is 9.58. The molecule has 0 atom stereocenters. The van der Waals surface area contributed by atoms with Gasteiger partial charge in [-0.3, -0.25) is 14.9 Å². The monoisotopic (exact) mass is 573 g/mol. The molecule has 0 saturated heterocycles. The van der Waals surface area contributed by atoms with Crippen LogP contribution in [0.4, 0.5) is 11.4 Å². The number of rotatable bonds is 8. The average Bonchev–Trinajstić information content (AvgIpc) is 2.92. The summed E-state index contributed by atoms with van der Waals surface area (Å²) in [6.07, 6.45) is 7.41. The first kappa shape index (κ1) is 27.4. The number of carbonyl (C=O) groups is 1. The molecule has 9 heteroatoms. The van der Waals surface area contributed by atoms with Crippen molar-refractivity contribution in [1.82, 2.24) is 4.72 Å². The molecular formula is C32H35N3O5S. The number of nitro groups is 1. The van der Waals surface area contributed by atoms with Crippen molar-refractivity contribution in [1.29, 1.82) is 0 Å². The number of hydrogen-bond donors (Lipinski definition) is 2. The van der Waals surface area contributed by atoms with Crippen LogP contribution in [-0.4, -0.2) is 25.8 Å². The van der Waals surface area contributed by atoms with E-state index in [1.807, 2.05) is 32.0 Å². The molecule has 4 aliphatic carbocycles. The Labute approximate surface area is 240 Å². The minimum absolute atomic E-state index is 0.162. The highest BCUT2D eigenvalue weighted by Gasteiger charge is 2.50. The standard InChI is InChI=1S/C32H35N3O5S/c1-20-4-3-5-28(21(20)2)25-6-8-26(9-7-25)31(36)34-41(39,40)27-10-11-29(30(15-27)35(37)38)33-19-32-16-22-12-23(17-32)14-24(13-22)18-32/h3-11,15,22-24,33H,12-14,16-19H2,1-2H3,(H,34,36). The SMILES string of the molecule is Cc1cccc(-c2ccc(C(=O)NS(=O)(=O)c3ccc(NCC45CC6CC(CC(C6)C4)C5)c([N+](=O)[O-])c3)cc2)c1C. The molecule has 2 N–H and O–H groups in total. The van der Waals surface area contributed by atoms with Crippen LogP contribution in [0, 0.1) is 47.1 Å². The van der Waals surface area contributed by atoms with Crippen molar-refractivity contribution in [3.63, 3.8) is 0 Å². The Balaban J connectivity index is 1.16. The Morgan fingerprint density at radius 1 is 0.951 bits per heavy atom. The Bertz CT molecular complexity index is 1600. The van der Waals surface area contributed by atoms with Gasteiger partial charge < -0.3 is 5.32 Å². The van der Waals surface area contributed by atoms with E-state index in [4.69, 9.17) is 0 Å². The van der Waals surface area contributed by atoms with Crippen molar-refractivity contribution in [3.05, 3.63) is 87.5 Å². The number of carbonyl (C=O) groups excluding carboxylic acids is 1. The van der Waals surface area contributed by atoms with Crippen LogP contribution in [0.2, 0.25) is 0 Å². The van der Waals surface area contributed by atoms with Crippen LogP contribution in [-0.2, 0) is 10.0 Å². The summed E-state index contributed by atoms with van der Waals surface area (Å²) in [5.74, 6) is 1.48. The van der Waals surface area contributed by atoms with Gasteiger partial charge in [0.05, 0.1) is 9.82 Å². The van der Waals surface area contributed by atoms with Gasteiger partial charge in [-0.25, -0.2) is 13.1 Å². The number of aryl methyl sites for hydroxylation is 1. The van der Waals surface area contributed by atoms with Crippen molar-refractivity contribution in [3.8, 4) is 11.1 Å². The lowest BCUT2D eigenvalue weighted by Gasteiger charge is -2.57. The van der Waals surface area contributed by atoms with Gasteiger partial charge in [-0.15, -0.1) is 0 Å². The van der Waals surface area contributed by atoms with Crippen LogP contribution >= 0.6 is 0 Å². The van der Waals surface area contributed by atoms with E-state index in [1.54, 1.807) is 24.3 Å². The normalized spacial score (nSPS) is 24.7. The Morgan fingerprint density at radius 2 is 1.59 bits per heavy atom. The molecule has 41 heavy (non-hydrogen) atoms. The molecule has 3 aromatic carbocycles. The molecule has 0 radical (unpaired) electrons. The van der Waals surface area contributed by atoms with Crippen molar-refractivity contribution < 1.29 is 18.1 Å². The second kappa shape index (κ2) is 10.3.